The zero-order valence-electron chi connectivity index (χ0n) is 15.5. The van der Waals surface area contributed by atoms with Crippen molar-refractivity contribution in [2.24, 2.45) is 0 Å². The number of tetrazole rings is 1. The molecule has 0 atom stereocenters. The zero-order valence-corrected chi connectivity index (χ0v) is 15.5. The molecule has 0 saturated carbocycles. The molecule has 0 unspecified atom stereocenters. The number of aromatic nitrogens is 4. The molecule has 3 rings (SSSR count). The van der Waals surface area contributed by atoms with Gasteiger partial charge in [0.05, 0.1) is 5.56 Å². The number of H-pyrrole nitrogens is 1. The van der Waals surface area contributed by atoms with E-state index in [-0.39, 0.29) is 11.5 Å². The average molecular weight is 365 g/mol. The van der Waals surface area contributed by atoms with E-state index in [0.29, 0.717) is 24.4 Å². The van der Waals surface area contributed by atoms with E-state index < -0.39 is 0 Å². The summed E-state index contributed by atoms with van der Waals surface area (Å²) >= 11 is 0. The van der Waals surface area contributed by atoms with Crippen molar-refractivity contribution in [3.8, 4) is 5.75 Å². The minimum absolute atomic E-state index is 0.110. The third kappa shape index (κ3) is 4.49. The number of phenols is 1. The Balaban J connectivity index is 1.70. The van der Waals surface area contributed by atoms with Gasteiger partial charge < -0.3 is 10.4 Å². The molecule has 0 radical (unpaired) electrons. The lowest BCUT2D eigenvalue weighted by Crippen LogP contribution is -2.06. The fourth-order valence-electron chi connectivity index (χ4n) is 3.03. The smallest absolute Gasteiger partial charge is 0.178 e. The van der Waals surface area contributed by atoms with Crippen LogP contribution in [0.5, 0.6) is 5.75 Å². The van der Waals surface area contributed by atoms with Crippen LogP contribution in [0.1, 0.15) is 53.1 Å². The first kappa shape index (κ1) is 18.6. The fourth-order valence-corrected chi connectivity index (χ4v) is 3.03. The lowest BCUT2D eigenvalue weighted by molar-refractivity contribution is 0.101. The Morgan fingerprint density at radius 1 is 1.19 bits per heavy atom. The summed E-state index contributed by atoms with van der Waals surface area (Å²) in [5.41, 5.74) is 4.29. The highest BCUT2D eigenvalue weighted by Gasteiger charge is 2.14. The van der Waals surface area contributed by atoms with Crippen molar-refractivity contribution < 1.29 is 9.90 Å². The molecule has 0 amide bonds. The monoisotopic (exact) mass is 365 g/mol. The molecular formula is C20H23N5O2. The SMILES string of the molecule is CCCc1c(CNc2ccc(Cc3nn[nH]n3)cc2)ccc(C(C)=O)c1O. The number of aromatic amines is 1. The Morgan fingerprint density at radius 2 is 1.96 bits per heavy atom. The summed E-state index contributed by atoms with van der Waals surface area (Å²) in [4.78, 5) is 11.7. The highest BCUT2D eigenvalue weighted by atomic mass is 16.3. The van der Waals surface area contributed by atoms with Crippen LogP contribution in [-0.4, -0.2) is 31.5 Å². The van der Waals surface area contributed by atoms with Crippen LogP contribution in [-0.2, 0) is 19.4 Å². The molecule has 0 spiro atoms. The third-order valence-corrected chi connectivity index (χ3v) is 4.45. The van der Waals surface area contributed by atoms with E-state index in [1.54, 1.807) is 6.07 Å². The molecule has 1 aromatic heterocycles. The number of hydrogen-bond donors (Lipinski definition) is 3. The van der Waals surface area contributed by atoms with Gasteiger partial charge >= 0.3 is 0 Å². The number of carbonyl (C=O) groups excluding carboxylic acids is 1. The van der Waals surface area contributed by atoms with E-state index in [4.69, 9.17) is 0 Å². The molecule has 0 bridgehead atoms. The molecule has 0 aliphatic heterocycles. The molecule has 0 aliphatic rings. The maximum Gasteiger partial charge on any atom is 0.178 e. The first-order valence-corrected chi connectivity index (χ1v) is 8.98. The lowest BCUT2D eigenvalue weighted by atomic mass is 9.96. The summed E-state index contributed by atoms with van der Waals surface area (Å²) in [7, 11) is 0. The van der Waals surface area contributed by atoms with Gasteiger partial charge in [-0.15, -0.1) is 10.2 Å². The Hall–Kier alpha value is -3.22. The van der Waals surface area contributed by atoms with E-state index in [9.17, 15) is 9.90 Å². The molecule has 3 N–H and O–H groups in total. The van der Waals surface area contributed by atoms with Gasteiger partial charge in [-0.25, -0.2) is 0 Å². The number of benzene rings is 2. The maximum absolute atomic E-state index is 11.7. The molecule has 7 nitrogen and oxygen atoms in total. The number of phenolic OH excluding ortho intramolecular Hbond substituents is 1. The highest BCUT2D eigenvalue weighted by Crippen LogP contribution is 2.28. The molecule has 1 heterocycles. The van der Waals surface area contributed by atoms with Crippen molar-refractivity contribution in [1.82, 2.24) is 20.6 Å². The number of Topliss-reactive ketones (excluding diaryl/α,β-unsaturated/α-hetero) is 1. The fraction of sp³-hybridized carbons (Fsp3) is 0.300. The van der Waals surface area contributed by atoms with Gasteiger partial charge in [-0.2, -0.15) is 5.21 Å². The molecule has 0 aliphatic carbocycles. The van der Waals surface area contributed by atoms with Crippen LogP contribution in [0.15, 0.2) is 36.4 Å². The number of nitrogens with zero attached hydrogens (tertiary/aromatic N) is 3. The average Bonchev–Trinajstić information content (AvgIpc) is 3.16. The van der Waals surface area contributed by atoms with Crippen LogP contribution in [0.4, 0.5) is 5.69 Å². The standard InChI is InChI=1S/C20H23N5O2/c1-3-4-18-15(7-10-17(13(2)26)20(18)27)12-21-16-8-5-14(6-9-16)11-19-22-24-25-23-19/h5-10,21,27H,3-4,11-12H2,1-2H3,(H,22,23,24,25). The summed E-state index contributed by atoms with van der Waals surface area (Å²) in [5, 5.41) is 27.7. The summed E-state index contributed by atoms with van der Waals surface area (Å²) in [5.74, 6) is 0.640. The van der Waals surface area contributed by atoms with Gasteiger partial charge in [0, 0.05) is 18.7 Å². The van der Waals surface area contributed by atoms with Crippen molar-refractivity contribution in [1.29, 1.82) is 0 Å². The van der Waals surface area contributed by atoms with E-state index >= 15 is 0 Å². The lowest BCUT2D eigenvalue weighted by Gasteiger charge is -2.15. The quantitative estimate of drug-likeness (QED) is 0.529. The zero-order chi connectivity index (χ0) is 19.2. The maximum atomic E-state index is 11.7. The molecule has 0 saturated heterocycles. The van der Waals surface area contributed by atoms with Gasteiger partial charge in [0.1, 0.15) is 5.75 Å². The van der Waals surface area contributed by atoms with Crippen LogP contribution >= 0.6 is 0 Å². The van der Waals surface area contributed by atoms with Gasteiger partial charge in [0.2, 0.25) is 0 Å². The molecule has 140 valence electrons. The summed E-state index contributed by atoms with van der Waals surface area (Å²) in [6, 6.07) is 11.6. The van der Waals surface area contributed by atoms with Crippen molar-refractivity contribution in [2.75, 3.05) is 5.32 Å². The predicted octanol–water partition coefficient (Wildman–Crippen LogP) is 3.26. The van der Waals surface area contributed by atoms with Crippen molar-refractivity contribution in [2.45, 2.75) is 39.7 Å². The summed E-state index contributed by atoms with van der Waals surface area (Å²) < 4.78 is 0. The second-order valence-corrected chi connectivity index (χ2v) is 6.46. The number of aromatic hydroxyl groups is 1. The Bertz CT molecular complexity index is 905. The number of carbonyl (C=O) groups is 1. The molecule has 2 aromatic carbocycles. The largest absolute Gasteiger partial charge is 0.507 e. The number of nitrogens with one attached hydrogen (secondary N) is 2. The Morgan fingerprint density at radius 3 is 2.59 bits per heavy atom. The van der Waals surface area contributed by atoms with Gasteiger partial charge in [-0.1, -0.05) is 36.8 Å². The second-order valence-electron chi connectivity index (χ2n) is 6.46. The van der Waals surface area contributed by atoms with Gasteiger partial charge in [0.15, 0.2) is 11.6 Å². The summed E-state index contributed by atoms with van der Waals surface area (Å²) in [6.07, 6.45) is 2.25. The van der Waals surface area contributed by atoms with Gasteiger partial charge in [-0.3, -0.25) is 4.79 Å². The predicted molar refractivity (Wildman–Crippen MR) is 103 cm³/mol. The minimum Gasteiger partial charge on any atom is -0.507 e. The van der Waals surface area contributed by atoms with Crippen molar-refractivity contribution in [3.05, 3.63) is 64.5 Å². The molecule has 3 aromatic rings. The number of rotatable bonds is 8. The molecule has 0 fully saturated rings. The van der Waals surface area contributed by atoms with Crippen molar-refractivity contribution >= 4 is 11.5 Å². The van der Waals surface area contributed by atoms with E-state index in [1.807, 2.05) is 30.3 Å². The third-order valence-electron chi connectivity index (χ3n) is 4.45. The van der Waals surface area contributed by atoms with E-state index in [1.165, 1.54) is 6.92 Å². The first-order valence-electron chi connectivity index (χ1n) is 8.98. The molecular weight excluding hydrogens is 342 g/mol. The van der Waals surface area contributed by atoms with Gasteiger partial charge in [-0.05, 0) is 48.2 Å². The topological polar surface area (TPSA) is 104 Å². The van der Waals surface area contributed by atoms with E-state index in [0.717, 1.165) is 35.2 Å². The highest BCUT2D eigenvalue weighted by molar-refractivity contribution is 5.97. The Kier molecular flexibility index (Phi) is 5.80. The number of anilines is 1. The first-order chi connectivity index (χ1) is 13.1. The summed E-state index contributed by atoms with van der Waals surface area (Å²) in [6.45, 7) is 4.10. The van der Waals surface area contributed by atoms with Crippen LogP contribution in [0, 0.1) is 0 Å². The normalized spacial score (nSPS) is 10.7. The van der Waals surface area contributed by atoms with Crippen molar-refractivity contribution in [3.63, 3.8) is 0 Å². The molecule has 7 heteroatoms. The van der Waals surface area contributed by atoms with Crippen LogP contribution in [0.3, 0.4) is 0 Å². The van der Waals surface area contributed by atoms with Crippen LogP contribution in [0.25, 0.3) is 0 Å². The molecule has 27 heavy (non-hydrogen) atoms. The van der Waals surface area contributed by atoms with E-state index in [2.05, 4.69) is 32.9 Å². The number of hydrogen-bond acceptors (Lipinski definition) is 6. The van der Waals surface area contributed by atoms with Gasteiger partial charge in [0.25, 0.3) is 0 Å². The number of ketones is 1. The van der Waals surface area contributed by atoms with Crippen LogP contribution < -0.4 is 5.32 Å². The minimum atomic E-state index is -0.124. The van der Waals surface area contributed by atoms with Crippen LogP contribution in [0.2, 0.25) is 0 Å². The Labute approximate surface area is 157 Å². The second kappa shape index (κ2) is 8.44.